The number of aliphatic hydroxyl groups excluding tert-OH is 2. The molecular formula is C29H43NO9. The molecule has 0 unspecified atom stereocenters. The SMILES string of the molecule is C[C@H]1O[C@@H](O[C@H]2CC[C@]3(/C=N\O)[C@H]4CC[C@]5(C)[C@@H](C6=CC(=O)OC6)CC[C@]5(O)[C@@H]4CC[C@]3(O)C2)C[C@H](O)[C@@H]1O. The van der Waals surface area contributed by atoms with Crippen molar-refractivity contribution in [1.29, 1.82) is 0 Å². The van der Waals surface area contributed by atoms with E-state index in [9.17, 15) is 30.4 Å². The van der Waals surface area contributed by atoms with Gasteiger partial charge in [-0.05, 0) is 81.6 Å². The zero-order valence-corrected chi connectivity index (χ0v) is 22.9. The average Bonchev–Trinajstić information content (AvgIpc) is 3.42. The Morgan fingerprint density at radius 1 is 1.08 bits per heavy atom. The summed E-state index contributed by atoms with van der Waals surface area (Å²) in [5, 5.41) is 58.2. The normalized spacial score (nSPS) is 53.6. The van der Waals surface area contributed by atoms with Crippen LogP contribution >= 0.6 is 0 Å². The number of oxime groups is 1. The molecule has 6 rings (SSSR count). The maximum absolute atomic E-state index is 12.4. The van der Waals surface area contributed by atoms with Crippen LogP contribution in [0, 0.1) is 28.6 Å². The largest absolute Gasteiger partial charge is 0.458 e. The van der Waals surface area contributed by atoms with Crippen LogP contribution in [-0.2, 0) is 19.0 Å². The minimum Gasteiger partial charge on any atom is -0.458 e. The minimum absolute atomic E-state index is 0.0664. The van der Waals surface area contributed by atoms with Gasteiger partial charge in [-0.1, -0.05) is 6.92 Å². The van der Waals surface area contributed by atoms with Crippen LogP contribution in [0.1, 0.15) is 78.1 Å². The molecule has 0 aromatic carbocycles. The maximum Gasteiger partial charge on any atom is 0.331 e. The van der Waals surface area contributed by atoms with Crippen molar-refractivity contribution in [2.45, 2.75) is 120 Å². The van der Waals surface area contributed by atoms with Crippen LogP contribution < -0.4 is 0 Å². The van der Waals surface area contributed by atoms with E-state index < -0.39 is 46.6 Å². The molecule has 1 saturated heterocycles. The zero-order chi connectivity index (χ0) is 27.8. The predicted octanol–water partition coefficient (Wildman–Crippen LogP) is 2.04. The van der Waals surface area contributed by atoms with E-state index in [1.165, 1.54) is 6.21 Å². The quantitative estimate of drug-likeness (QED) is 0.116. The van der Waals surface area contributed by atoms with Gasteiger partial charge in [-0.15, -0.1) is 5.16 Å². The number of fused-ring (bicyclic) bond motifs is 5. The Hall–Kier alpha value is -1.56. The summed E-state index contributed by atoms with van der Waals surface area (Å²) in [6, 6.07) is 0. The Balaban J connectivity index is 1.24. The molecule has 12 atom stereocenters. The second-order valence-corrected chi connectivity index (χ2v) is 13.4. The highest BCUT2D eigenvalue weighted by Crippen LogP contribution is 2.70. The van der Waals surface area contributed by atoms with Crippen LogP contribution in [0.15, 0.2) is 16.8 Å². The summed E-state index contributed by atoms with van der Waals surface area (Å²) in [6.45, 7) is 4.15. The zero-order valence-electron chi connectivity index (χ0n) is 22.9. The molecule has 5 fully saturated rings. The lowest BCUT2D eigenvalue weighted by Gasteiger charge is -2.65. The first-order chi connectivity index (χ1) is 18.5. The molecule has 0 spiro atoms. The van der Waals surface area contributed by atoms with Crippen molar-refractivity contribution in [2.75, 3.05) is 6.61 Å². The number of hydrogen-bond donors (Lipinski definition) is 5. The number of carbonyl (C=O) groups is 1. The average molecular weight is 550 g/mol. The topological polar surface area (TPSA) is 158 Å². The molecular weight excluding hydrogens is 506 g/mol. The number of cyclic esters (lactones) is 1. The molecule has 0 bridgehead atoms. The van der Waals surface area contributed by atoms with Gasteiger partial charge in [0.05, 0.1) is 35.7 Å². The number of esters is 1. The van der Waals surface area contributed by atoms with E-state index in [4.69, 9.17) is 14.2 Å². The lowest BCUT2D eigenvalue weighted by Crippen LogP contribution is -2.69. The Kier molecular flexibility index (Phi) is 6.72. The van der Waals surface area contributed by atoms with E-state index in [-0.39, 0.29) is 36.2 Å². The molecule has 0 radical (unpaired) electrons. The number of nitrogens with zero attached hydrogens (tertiary/aromatic N) is 1. The van der Waals surface area contributed by atoms with E-state index in [0.717, 1.165) is 24.8 Å². The number of rotatable bonds is 4. The number of carbonyl (C=O) groups excluding carboxylic acids is 1. The van der Waals surface area contributed by atoms with Gasteiger partial charge in [0.15, 0.2) is 6.29 Å². The van der Waals surface area contributed by atoms with Crippen LogP contribution in [-0.4, -0.2) is 86.3 Å². The fourth-order valence-electron chi connectivity index (χ4n) is 9.89. The summed E-state index contributed by atoms with van der Waals surface area (Å²) in [6.07, 6.45) is 5.36. The summed E-state index contributed by atoms with van der Waals surface area (Å²) in [7, 11) is 0. The first kappa shape index (κ1) is 27.6. The Morgan fingerprint density at radius 2 is 1.85 bits per heavy atom. The van der Waals surface area contributed by atoms with E-state index >= 15 is 0 Å². The van der Waals surface area contributed by atoms with Gasteiger partial charge in [-0.2, -0.15) is 0 Å². The summed E-state index contributed by atoms with van der Waals surface area (Å²) < 4.78 is 17.2. The highest BCUT2D eigenvalue weighted by molar-refractivity contribution is 5.85. The Bertz CT molecular complexity index is 1040. The van der Waals surface area contributed by atoms with Gasteiger partial charge < -0.3 is 39.8 Å². The number of hydrogen-bond acceptors (Lipinski definition) is 10. The van der Waals surface area contributed by atoms with Gasteiger partial charge >= 0.3 is 5.97 Å². The molecule has 0 amide bonds. The minimum atomic E-state index is -1.18. The van der Waals surface area contributed by atoms with Crippen molar-refractivity contribution in [3.05, 3.63) is 11.6 Å². The molecule has 4 aliphatic carbocycles. The van der Waals surface area contributed by atoms with E-state index in [1.807, 2.05) is 0 Å². The van der Waals surface area contributed by atoms with Crippen molar-refractivity contribution in [2.24, 2.45) is 33.7 Å². The summed E-state index contributed by atoms with van der Waals surface area (Å²) in [4.78, 5) is 11.8. The standard InChI is InChI=1S/C29H43NO9/c1-16-25(33)22(31)12-24(38-16)39-18-3-8-27(15-30-36)20-4-7-26(2)19(17-11-23(32)37-14-17)6-10-29(26,35)21(20)5-9-28(27,34)13-18/h11,15-16,18-22,24-25,31,33-36H,3-10,12-14H2,1-2H3/b30-15-/t16-,18+,19-,20+,21-,22+,24+,25-,26-,27+,28+,29+/m1/s1. The summed E-state index contributed by atoms with van der Waals surface area (Å²) >= 11 is 0. The lowest BCUT2D eigenvalue weighted by molar-refractivity contribution is -0.282. The molecule has 2 heterocycles. The molecule has 0 aromatic heterocycles. The van der Waals surface area contributed by atoms with Crippen LogP contribution in [0.3, 0.4) is 0 Å². The van der Waals surface area contributed by atoms with Crippen molar-refractivity contribution < 1.29 is 44.6 Å². The molecule has 5 N–H and O–H groups in total. The smallest absolute Gasteiger partial charge is 0.331 e. The molecule has 218 valence electrons. The van der Waals surface area contributed by atoms with Gasteiger partial charge in [-0.3, -0.25) is 0 Å². The fraction of sp³-hybridized carbons (Fsp3) is 0.862. The van der Waals surface area contributed by atoms with E-state index in [0.29, 0.717) is 45.1 Å². The molecule has 4 saturated carbocycles. The number of aliphatic hydroxyl groups is 4. The Morgan fingerprint density at radius 3 is 2.54 bits per heavy atom. The van der Waals surface area contributed by atoms with Gasteiger partial charge in [0, 0.05) is 29.7 Å². The van der Waals surface area contributed by atoms with Crippen LogP contribution in [0.2, 0.25) is 0 Å². The van der Waals surface area contributed by atoms with Gasteiger partial charge in [0.2, 0.25) is 0 Å². The molecule has 10 nitrogen and oxygen atoms in total. The van der Waals surface area contributed by atoms with Gasteiger partial charge in [-0.25, -0.2) is 4.79 Å². The van der Waals surface area contributed by atoms with E-state index in [2.05, 4.69) is 12.1 Å². The molecule has 2 aliphatic heterocycles. The maximum atomic E-state index is 12.4. The second-order valence-electron chi connectivity index (χ2n) is 13.4. The van der Waals surface area contributed by atoms with Crippen molar-refractivity contribution in [3.63, 3.8) is 0 Å². The monoisotopic (exact) mass is 549 g/mol. The van der Waals surface area contributed by atoms with Crippen molar-refractivity contribution in [1.82, 2.24) is 0 Å². The molecule has 39 heavy (non-hydrogen) atoms. The summed E-state index contributed by atoms with van der Waals surface area (Å²) in [5.74, 6) is -0.372. The van der Waals surface area contributed by atoms with Crippen LogP contribution in [0.4, 0.5) is 0 Å². The summed E-state index contributed by atoms with van der Waals surface area (Å²) in [5.41, 5.74) is -2.37. The third kappa shape index (κ3) is 3.96. The highest BCUT2D eigenvalue weighted by Gasteiger charge is 2.71. The predicted molar refractivity (Wildman–Crippen MR) is 138 cm³/mol. The lowest BCUT2D eigenvalue weighted by atomic mass is 9.41. The third-order valence-corrected chi connectivity index (χ3v) is 11.9. The molecule has 10 heteroatoms. The Labute approximate surface area is 229 Å². The third-order valence-electron chi connectivity index (χ3n) is 11.9. The van der Waals surface area contributed by atoms with Crippen molar-refractivity contribution in [3.8, 4) is 0 Å². The highest BCUT2D eigenvalue weighted by atomic mass is 16.7. The fourth-order valence-corrected chi connectivity index (χ4v) is 9.89. The molecule has 6 aliphatic rings. The first-order valence-electron chi connectivity index (χ1n) is 14.6. The van der Waals surface area contributed by atoms with E-state index in [1.54, 1.807) is 13.0 Å². The van der Waals surface area contributed by atoms with Gasteiger partial charge in [0.1, 0.15) is 12.7 Å². The van der Waals surface area contributed by atoms with Gasteiger partial charge in [0.25, 0.3) is 0 Å². The number of ether oxygens (including phenoxy) is 3. The van der Waals surface area contributed by atoms with Crippen molar-refractivity contribution >= 4 is 12.2 Å². The van der Waals surface area contributed by atoms with Crippen LogP contribution in [0.5, 0.6) is 0 Å². The second kappa shape index (κ2) is 9.49. The molecule has 0 aromatic rings. The first-order valence-corrected chi connectivity index (χ1v) is 14.6. The van der Waals surface area contributed by atoms with Crippen LogP contribution in [0.25, 0.3) is 0 Å².